The molecule has 22 heavy (non-hydrogen) atoms. The molecule has 0 radical (unpaired) electrons. The van der Waals surface area contributed by atoms with Crippen molar-refractivity contribution in [1.29, 1.82) is 0 Å². The summed E-state index contributed by atoms with van der Waals surface area (Å²) in [7, 11) is 0. The van der Waals surface area contributed by atoms with Gasteiger partial charge in [-0.05, 0) is 24.3 Å². The molecule has 2 rings (SSSR count). The lowest BCUT2D eigenvalue weighted by atomic mass is 10.2. The maximum Gasteiger partial charge on any atom is 0.387 e. The fourth-order valence-electron chi connectivity index (χ4n) is 1.65. The minimum Gasteiger partial charge on any atom is -0.433 e. The van der Waals surface area contributed by atoms with Crippen molar-refractivity contribution >= 4 is 23.2 Å². The molecule has 2 aromatic rings. The van der Waals surface area contributed by atoms with E-state index in [1.807, 2.05) is 0 Å². The van der Waals surface area contributed by atoms with E-state index in [1.165, 1.54) is 24.3 Å². The third-order valence-corrected chi connectivity index (χ3v) is 2.92. The quantitative estimate of drug-likeness (QED) is 0.662. The topological polar surface area (TPSA) is 38.3 Å². The maximum absolute atomic E-state index is 13.2. The highest BCUT2D eigenvalue weighted by Gasteiger charge is 2.17. The Morgan fingerprint density at radius 3 is 2.45 bits per heavy atom. The summed E-state index contributed by atoms with van der Waals surface area (Å²) in [6, 6.07) is 6.69. The van der Waals surface area contributed by atoms with E-state index >= 15 is 0 Å². The average molecular weight is 334 g/mol. The van der Waals surface area contributed by atoms with Gasteiger partial charge in [0.05, 0.1) is 16.3 Å². The van der Waals surface area contributed by atoms with Gasteiger partial charge in [0, 0.05) is 0 Å². The molecule has 0 aromatic heterocycles. The van der Waals surface area contributed by atoms with E-state index in [0.29, 0.717) is 12.1 Å². The number of hydrogen-bond acceptors (Lipinski definition) is 2. The molecule has 2 aromatic carbocycles. The van der Waals surface area contributed by atoms with Gasteiger partial charge >= 0.3 is 6.61 Å². The third-order valence-electron chi connectivity index (χ3n) is 2.61. The van der Waals surface area contributed by atoms with Crippen molar-refractivity contribution in [2.45, 2.75) is 6.61 Å². The predicted octanol–water partition coefficient (Wildman–Crippen LogP) is 4.47. The van der Waals surface area contributed by atoms with Crippen LogP contribution in [0.2, 0.25) is 5.02 Å². The lowest BCUT2D eigenvalue weighted by Crippen LogP contribution is -2.15. The first-order valence-electron chi connectivity index (χ1n) is 5.88. The number of halogens is 5. The highest BCUT2D eigenvalue weighted by Crippen LogP contribution is 2.27. The van der Waals surface area contributed by atoms with Gasteiger partial charge in [0.25, 0.3) is 5.91 Å². The molecule has 0 aliphatic rings. The monoisotopic (exact) mass is 333 g/mol. The van der Waals surface area contributed by atoms with E-state index in [9.17, 15) is 22.4 Å². The predicted molar refractivity (Wildman–Crippen MR) is 72.4 cm³/mol. The van der Waals surface area contributed by atoms with Crippen LogP contribution in [0.4, 0.5) is 23.2 Å². The van der Waals surface area contributed by atoms with Gasteiger partial charge in [-0.25, -0.2) is 8.78 Å². The lowest BCUT2D eigenvalue weighted by molar-refractivity contribution is -0.0493. The van der Waals surface area contributed by atoms with Crippen molar-refractivity contribution in [3.63, 3.8) is 0 Å². The van der Waals surface area contributed by atoms with Gasteiger partial charge < -0.3 is 10.1 Å². The van der Waals surface area contributed by atoms with Crippen LogP contribution in [0.15, 0.2) is 36.4 Å². The largest absolute Gasteiger partial charge is 0.433 e. The third kappa shape index (κ3) is 3.67. The molecule has 0 aliphatic carbocycles. The van der Waals surface area contributed by atoms with Crippen molar-refractivity contribution in [2.24, 2.45) is 0 Å². The Morgan fingerprint density at radius 1 is 1.14 bits per heavy atom. The molecule has 0 saturated carbocycles. The summed E-state index contributed by atoms with van der Waals surface area (Å²) < 4.78 is 54.9. The molecule has 1 N–H and O–H groups in total. The van der Waals surface area contributed by atoms with Gasteiger partial charge in [0.2, 0.25) is 0 Å². The second kappa shape index (κ2) is 6.65. The number of alkyl halides is 2. The van der Waals surface area contributed by atoms with Gasteiger partial charge in [0.1, 0.15) is 5.75 Å². The standard InChI is InChI=1S/C14H8ClF4NO2/c15-8-6-10(17)9(16)5-7(8)13(21)20-11-3-1-2-4-12(11)22-14(18)19/h1-6,14H,(H,20,21). The molecule has 0 atom stereocenters. The Bertz CT molecular complexity index is 709. The second-order valence-electron chi connectivity index (χ2n) is 4.07. The number of rotatable bonds is 4. The fraction of sp³-hybridized carbons (Fsp3) is 0.0714. The van der Waals surface area contributed by atoms with Crippen molar-refractivity contribution in [1.82, 2.24) is 0 Å². The van der Waals surface area contributed by atoms with Crippen molar-refractivity contribution in [2.75, 3.05) is 5.32 Å². The van der Waals surface area contributed by atoms with Crippen LogP contribution in [-0.4, -0.2) is 12.5 Å². The van der Waals surface area contributed by atoms with Crippen LogP contribution in [-0.2, 0) is 0 Å². The molecule has 116 valence electrons. The zero-order valence-corrected chi connectivity index (χ0v) is 11.5. The number of para-hydroxylation sites is 2. The van der Waals surface area contributed by atoms with Crippen LogP contribution in [0.25, 0.3) is 0 Å². The maximum atomic E-state index is 13.2. The van der Waals surface area contributed by atoms with Crippen LogP contribution >= 0.6 is 11.6 Å². The number of carbonyl (C=O) groups is 1. The molecule has 0 fully saturated rings. The minimum atomic E-state index is -3.08. The van der Waals surface area contributed by atoms with Crippen molar-refractivity contribution in [3.05, 3.63) is 58.6 Å². The van der Waals surface area contributed by atoms with Gasteiger partial charge in [-0.3, -0.25) is 4.79 Å². The zero-order valence-electron chi connectivity index (χ0n) is 10.7. The molecular formula is C14H8ClF4NO2. The number of anilines is 1. The fourth-order valence-corrected chi connectivity index (χ4v) is 1.89. The molecule has 3 nitrogen and oxygen atoms in total. The number of amides is 1. The second-order valence-corrected chi connectivity index (χ2v) is 4.48. The Morgan fingerprint density at radius 2 is 1.77 bits per heavy atom. The van der Waals surface area contributed by atoms with E-state index in [1.54, 1.807) is 0 Å². The van der Waals surface area contributed by atoms with E-state index in [2.05, 4.69) is 10.1 Å². The first kappa shape index (κ1) is 16.1. The summed E-state index contributed by atoms with van der Waals surface area (Å²) in [5.41, 5.74) is -0.402. The summed E-state index contributed by atoms with van der Waals surface area (Å²) in [6.07, 6.45) is 0. The highest BCUT2D eigenvalue weighted by atomic mass is 35.5. The van der Waals surface area contributed by atoms with Crippen LogP contribution in [0, 0.1) is 11.6 Å². The van der Waals surface area contributed by atoms with Gasteiger partial charge in [-0.15, -0.1) is 0 Å². The Kier molecular flexibility index (Phi) is 4.87. The summed E-state index contributed by atoms with van der Waals surface area (Å²) in [5, 5.41) is 1.93. The van der Waals surface area contributed by atoms with Gasteiger partial charge in [-0.2, -0.15) is 8.78 Å². The first-order valence-corrected chi connectivity index (χ1v) is 6.26. The Balaban J connectivity index is 2.28. The number of nitrogens with one attached hydrogen (secondary N) is 1. The smallest absolute Gasteiger partial charge is 0.387 e. The van der Waals surface area contributed by atoms with Crippen LogP contribution in [0.3, 0.4) is 0 Å². The number of ether oxygens (including phenoxy) is 1. The zero-order chi connectivity index (χ0) is 16.3. The SMILES string of the molecule is O=C(Nc1ccccc1OC(F)F)c1cc(F)c(F)cc1Cl. The molecule has 0 aliphatic heterocycles. The average Bonchev–Trinajstić information content (AvgIpc) is 2.44. The molecule has 0 heterocycles. The van der Waals surface area contributed by atoms with Gasteiger partial charge in [0.15, 0.2) is 11.6 Å². The molecule has 8 heteroatoms. The van der Waals surface area contributed by atoms with E-state index in [-0.39, 0.29) is 22.0 Å². The Hall–Kier alpha value is -2.28. The van der Waals surface area contributed by atoms with Crippen molar-refractivity contribution in [3.8, 4) is 5.75 Å². The van der Waals surface area contributed by atoms with Crippen molar-refractivity contribution < 1.29 is 27.1 Å². The molecule has 1 amide bonds. The molecule has 0 spiro atoms. The van der Waals surface area contributed by atoms with Crippen LogP contribution in [0.5, 0.6) is 5.75 Å². The summed E-state index contributed by atoms with van der Waals surface area (Å²) in [5.74, 6) is -3.63. The van der Waals surface area contributed by atoms with Gasteiger partial charge in [-0.1, -0.05) is 23.7 Å². The van der Waals surface area contributed by atoms with E-state index in [4.69, 9.17) is 11.6 Å². The summed E-state index contributed by atoms with van der Waals surface area (Å²) in [6.45, 7) is -3.08. The summed E-state index contributed by atoms with van der Waals surface area (Å²) >= 11 is 5.67. The first-order chi connectivity index (χ1) is 10.4. The summed E-state index contributed by atoms with van der Waals surface area (Å²) in [4.78, 5) is 12.0. The Labute approximate surface area is 127 Å². The number of benzene rings is 2. The molecule has 0 saturated heterocycles. The highest BCUT2D eigenvalue weighted by molar-refractivity contribution is 6.34. The number of hydrogen-bond donors (Lipinski definition) is 1. The normalized spacial score (nSPS) is 10.6. The number of carbonyl (C=O) groups excluding carboxylic acids is 1. The minimum absolute atomic E-state index is 0.0615. The molecular weight excluding hydrogens is 326 g/mol. The van der Waals surface area contributed by atoms with Crippen LogP contribution in [0.1, 0.15) is 10.4 Å². The molecule has 0 unspecified atom stereocenters. The molecule has 0 bridgehead atoms. The van der Waals surface area contributed by atoms with Crippen LogP contribution < -0.4 is 10.1 Å². The van der Waals surface area contributed by atoms with E-state index in [0.717, 1.165) is 0 Å². The lowest BCUT2D eigenvalue weighted by Gasteiger charge is -2.12. The van der Waals surface area contributed by atoms with E-state index < -0.39 is 24.2 Å².